The molecule has 0 unspecified atom stereocenters. The average Bonchev–Trinajstić information content (AvgIpc) is 3.71. The van der Waals surface area contributed by atoms with Gasteiger partial charge in [0.15, 0.2) is 0 Å². The van der Waals surface area contributed by atoms with Crippen molar-refractivity contribution in [3.05, 3.63) is 179 Å². The minimum atomic E-state index is 0.882. The second-order valence-corrected chi connectivity index (χ2v) is 18.2. The molecule has 0 fully saturated rings. The van der Waals surface area contributed by atoms with Crippen molar-refractivity contribution in [2.75, 3.05) is 32.7 Å². The van der Waals surface area contributed by atoms with Crippen molar-refractivity contribution in [2.24, 2.45) is 0 Å². The summed E-state index contributed by atoms with van der Waals surface area (Å²) in [6.07, 6.45) is 4.86. The van der Waals surface area contributed by atoms with Gasteiger partial charge in [0.25, 0.3) is 0 Å². The summed E-state index contributed by atoms with van der Waals surface area (Å²) in [7, 11) is 0. The zero-order valence-electron chi connectivity index (χ0n) is 37.5. The van der Waals surface area contributed by atoms with Crippen LogP contribution in [0, 0.1) is 0 Å². The maximum absolute atomic E-state index is 4.16. The Bertz CT molecular complexity index is 2860. The van der Waals surface area contributed by atoms with Gasteiger partial charge in [-0.25, -0.2) is 0 Å². The lowest BCUT2D eigenvalue weighted by Gasteiger charge is -2.18. The lowest BCUT2D eigenvalue weighted by atomic mass is 9.85. The van der Waals surface area contributed by atoms with Gasteiger partial charge >= 0.3 is 0 Å². The highest BCUT2D eigenvalue weighted by atomic mass is 14.5. The van der Waals surface area contributed by atoms with Crippen LogP contribution in [0.4, 0.5) is 0 Å². The van der Waals surface area contributed by atoms with Crippen molar-refractivity contribution >= 4 is 53.9 Å². The van der Waals surface area contributed by atoms with Gasteiger partial charge in [0, 0.05) is 32.1 Å². The second-order valence-electron chi connectivity index (χ2n) is 18.2. The molecule has 0 heterocycles. The van der Waals surface area contributed by atoms with Gasteiger partial charge in [-0.2, -0.15) is 0 Å². The van der Waals surface area contributed by atoms with Crippen LogP contribution in [0.25, 0.3) is 109 Å². The Kier molecular flexibility index (Phi) is 10.7. The lowest BCUT2D eigenvalue weighted by Crippen LogP contribution is -2.51. The summed E-state index contributed by atoms with van der Waals surface area (Å²) in [6, 6.07) is 59.1. The van der Waals surface area contributed by atoms with E-state index in [0.717, 1.165) is 64.8 Å². The third kappa shape index (κ3) is 6.99. The Labute approximate surface area is 380 Å². The zero-order chi connectivity index (χ0) is 44.2. The maximum Gasteiger partial charge on any atom is 0.0780 e. The molecule has 0 atom stereocenters. The van der Waals surface area contributed by atoms with E-state index in [-0.39, 0.29) is 0 Å². The van der Waals surface area contributed by atoms with Gasteiger partial charge < -0.3 is 28.7 Å². The standard InChI is InChI=1S/C60H55N5/c61-26-21-36-1-11-41(12-2-36)46-31-52-48(43-15-5-38(6-16-43)23-28-63)33-54-50(45-19-9-40(10-20-45)25-30-65)35-55-49(44-17-7-39(8-18-44)24-29-64)34-53-47(42-13-3-37(4-14-42)22-27-62)32-51(46)56-57(52)59(54)60(55)58(53)56/h1-20,31-35H,21-30,61-65H2/p+5. The van der Waals surface area contributed by atoms with E-state index < -0.39 is 0 Å². The first-order valence-corrected chi connectivity index (χ1v) is 23.8. The lowest BCUT2D eigenvalue weighted by molar-refractivity contribution is -0.367. The van der Waals surface area contributed by atoms with Gasteiger partial charge in [-0.15, -0.1) is 0 Å². The molecule has 320 valence electrons. The van der Waals surface area contributed by atoms with E-state index in [1.165, 1.54) is 137 Å². The normalized spacial score (nSPS) is 12.1. The first-order chi connectivity index (χ1) is 32.0. The van der Waals surface area contributed by atoms with Crippen LogP contribution in [-0.4, -0.2) is 32.7 Å². The molecule has 5 nitrogen and oxygen atoms in total. The molecule has 15 N–H and O–H groups in total. The van der Waals surface area contributed by atoms with E-state index in [1.54, 1.807) is 0 Å². The largest absolute Gasteiger partial charge is 0.357 e. The monoisotopic (exact) mass is 850 g/mol. The van der Waals surface area contributed by atoms with Crippen molar-refractivity contribution in [1.82, 2.24) is 0 Å². The van der Waals surface area contributed by atoms with Gasteiger partial charge in [0.1, 0.15) is 0 Å². The maximum atomic E-state index is 4.16. The third-order valence-electron chi connectivity index (χ3n) is 14.1. The minimum absolute atomic E-state index is 0.882. The molecular formula is C60H60N5+5. The molecule has 0 aliphatic rings. The summed E-state index contributed by atoms with van der Waals surface area (Å²) in [6.45, 7) is 4.41. The van der Waals surface area contributed by atoms with Crippen LogP contribution in [-0.2, 0) is 32.1 Å². The van der Waals surface area contributed by atoms with E-state index in [0.29, 0.717) is 0 Å². The fraction of sp³-hybridized carbons (Fsp3) is 0.167. The third-order valence-corrected chi connectivity index (χ3v) is 14.1. The van der Waals surface area contributed by atoms with E-state index in [9.17, 15) is 0 Å². The van der Waals surface area contributed by atoms with Crippen LogP contribution in [0.1, 0.15) is 27.8 Å². The first-order valence-electron chi connectivity index (χ1n) is 23.8. The van der Waals surface area contributed by atoms with Gasteiger partial charge in [-0.3, -0.25) is 0 Å². The van der Waals surface area contributed by atoms with Crippen LogP contribution >= 0.6 is 0 Å². The van der Waals surface area contributed by atoms with Crippen LogP contribution < -0.4 is 28.7 Å². The van der Waals surface area contributed by atoms with Crippen molar-refractivity contribution in [3.8, 4) is 55.6 Å². The van der Waals surface area contributed by atoms with Crippen molar-refractivity contribution < 1.29 is 28.7 Å². The molecule has 11 aromatic carbocycles. The molecule has 11 rings (SSSR count). The molecule has 11 aromatic rings. The van der Waals surface area contributed by atoms with E-state index in [2.05, 4.69) is 180 Å². The molecule has 0 bridgehead atoms. The topological polar surface area (TPSA) is 138 Å². The molecule has 0 spiro atoms. The van der Waals surface area contributed by atoms with E-state index in [4.69, 9.17) is 0 Å². The molecule has 0 amide bonds. The molecule has 65 heavy (non-hydrogen) atoms. The van der Waals surface area contributed by atoms with Crippen LogP contribution in [0.15, 0.2) is 152 Å². The molecular weight excluding hydrogens is 791 g/mol. The van der Waals surface area contributed by atoms with E-state index >= 15 is 0 Å². The number of hydrogen-bond donors (Lipinski definition) is 5. The van der Waals surface area contributed by atoms with E-state index in [1.807, 2.05) is 0 Å². The van der Waals surface area contributed by atoms with Crippen molar-refractivity contribution in [1.29, 1.82) is 0 Å². The number of hydrogen-bond acceptors (Lipinski definition) is 0. The highest BCUT2D eigenvalue weighted by molar-refractivity contribution is 6.49. The molecule has 0 aliphatic heterocycles. The highest BCUT2D eigenvalue weighted by Crippen LogP contribution is 2.57. The SMILES string of the molecule is [NH3+]CCc1ccc(-c2cc3c(-c4ccc(CC[NH3+])cc4)cc4c(-c5ccc(CC[NH3+])cc5)cc5c(-c6ccc(CC[NH3+])cc6)cc6c(-c7ccc(CC[NH3+])cc7)cc2c2c6c5c4c32)cc1. The van der Waals surface area contributed by atoms with Crippen molar-refractivity contribution in [3.63, 3.8) is 0 Å². The minimum Gasteiger partial charge on any atom is -0.357 e. The Hall–Kier alpha value is -6.70. The van der Waals surface area contributed by atoms with Crippen molar-refractivity contribution in [2.45, 2.75) is 32.1 Å². The summed E-state index contributed by atoms with van der Waals surface area (Å²) in [5, 5.41) is 13.4. The molecule has 0 aliphatic carbocycles. The number of rotatable bonds is 15. The predicted octanol–water partition coefficient (Wildman–Crippen LogP) is 8.02. The van der Waals surface area contributed by atoms with Gasteiger partial charge in [-0.1, -0.05) is 121 Å². The molecule has 5 heteroatoms. The fourth-order valence-corrected chi connectivity index (χ4v) is 11.0. The zero-order valence-corrected chi connectivity index (χ0v) is 37.5. The molecule has 0 saturated carbocycles. The summed E-state index contributed by atoms with van der Waals surface area (Å²) in [4.78, 5) is 0. The summed E-state index contributed by atoms with van der Waals surface area (Å²) >= 11 is 0. The predicted molar refractivity (Wildman–Crippen MR) is 272 cm³/mol. The Morgan fingerprint density at radius 3 is 0.508 bits per heavy atom. The Morgan fingerprint density at radius 2 is 0.369 bits per heavy atom. The fourth-order valence-electron chi connectivity index (χ4n) is 11.0. The molecule has 0 radical (unpaired) electrons. The molecule has 0 saturated heterocycles. The van der Waals surface area contributed by atoms with Crippen LogP contribution in [0.3, 0.4) is 0 Å². The summed E-state index contributed by atoms with van der Waals surface area (Å²) < 4.78 is 0. The average molecular weight is 851 g/mol. The quantitative estimate of drug-likeness (QED) is 0.0639. The molecule has 0 aromatic heterocycles. The number of benzene rings is 10. The Balaban J connectivity index is 1.33. The first kappa shape index (κ1) is 41.0. The highest BCUT2D eigenvalue weighted by Gasteiger charge is 2.29. The van der Waals surface area contributed by atoms with Gasteiger partial charge in [0.2, 0.25) is 0 Å². The Morgan fingerprint density at radius 1 is 0.215 bits per heavy atom. The summed E-state index contributed by atoms with van der Waals surface area (Å²) in [5.74, 6) is 0. The van der Waals surface area contributed by atoms with Crippen LogP contribution in [0.5, 0.6) is 0 Å². The number of quaternary nitrogens is 5. The van der Waals surface area contributed by atoms with Gasteiger partial charge in [0.05, 0.1) is 32.7 Å². The smallest absolute Gasteiger partial charge is 0.0780 e. The summed E-state index contributed by atoms with van der Waals surface area (Å²) in [5.41, 5.74) is 39.9. The van der Waals surface area contributed by atoms with Crippen LogP contribution in [0.2, 0.25) is 0 Å². The second kappa shape index (κ2) is 17.0. The van der Waals surface area contributed by atoms with Gasteiger partial charge in [-0.05, 0) is 168 Å².